The second-order valence-corrected chi connectivity index (χ2v) is 4.27. The average Bonchev–Trinajstić information content (AvgIpc) is 2.48. The van der Waals surface area contributed by atoms with Crippen molar-refractivity contribution in [3.05, 3.63) is 16.3 Å². The van der Waals surface area contributed by atoms with Crippen molar-refractivity contribution in [1.29, 1.82) is 0 Å². The fourth-order valence-corrected chi connectivity index (χ4v) is 1.67. The maximum Gasteiger partial charge on any atom is 0.343 e. The first-order chi connectivity index (χ1) is 7.06. The monoisotopic (exact) mass is 212 g/mol. The maximum absolute atomic E-state index is 11.4. The summed E-state index contributed by atoms with van der Waals surface area (Å²) in [5, 5.41) is 6.44. The molecule has 1 aromatic rings. The van der Waals surface area contributed by atoms with Crippen molar-refractivity contribution in [3.8, 4) is 0 Å². The van der Waals surface area contributed by atoms with Crippen molar-refractivity contribution < 1.29 is 0 Å². The molecule has 0 aliphatic rings. The molecule has 0 radical (unpaired) electrons. The molecule has 86 valence electrons. The van der Waals surface area contributed by atoms with Gasteiger partial charge in [0, 0.05) is 6.54 Å². The van der Waals surface area contributed by atoms with Crippen molar-refractivity contribution in [2.24, 2.45) is 11.7 Å². The Morgan fingerprint density at radius 2 is 2.20 bits per heavy atom. The lowest BCUT2D eigenvalue weighted by atomic mass is 10.0. The zero-order chi connectivity index (χ0) is 11.4. The van der Waals surface area contributed by atoms with Crippen LogP contribution in [0, 0.1) is 5.92 Å². The fraction of sp³-hybridized carbons (Fsp3) is 0.800. The Morgan fingerprint density at radius 3 is 2.73 bits per heavy atom. The van der Waals surface area contributed by atoms with E-state index < -0.39 is 0 Å². The SMILES string of the molecule is CCCn1c([C@@H](N)CC(C)C)n[nH]c1=O. The van der Waals surface area contributed by atoms with E-state index in [0.717, 1.165) is 12.8 Å². The molecule has 5 nitrogen and oxygen atoms in total. The van der Waals surface area contributed by atoms with Gasteiger partial charge >= 0.3 is 5.69 Å². The number of nitrogens with zero attached hydrogens (tertiary/aromatic N) is 2. The summed E-state index contributed by atoms with van der Waals surface area (Å²) in [5.41, 5.74) is 5.84. The standard InChI is InChI=1S/C10H20N4O/c1-4-5-14-9(12-13-10(14)15)8(11)6-7(2)3/h7-8H,4-6,11H2,1-3H3,(H,13,15)/t8-/m0/s1. The quantitative estimate of drug-likeness (QED) is 0.765. The van der Waals surface area contributed by atoms with Gasteiger partial charge in [0.15, 0.2) is 0 Å². The highest BCUT2D eigenvalue weighted by atomic mass is 16.1. The summed E-state index contributed by atoms with van der Waals surface area (Å²) in [6.07, 6.45) is 1.74. The normalized spacial score (nSPS) is 13.4. The van der Waals surface area contributed by atoms with E-state index in [-0.39, 0.29) is 11.7 Å². The van der Waals surface area contributed by atoms with Gasteiger partial charge in [-0.15, -0.1) is 0 Å². The highest BCUT2D eigenvalue weighted by molar-refractivity contribution is 4.94. The van der Waals surface area contributed by atoms with Crippen LogP contribution in [0.25, 0.3) is 0 Å². The van der Waals surface area contributed by atoms with Crippen LogP contribution in [0.4, 0.5) is 0 Å². The van der Waals surface area contributed by atoms with Gasteiger partial charge in [-0.3, -0.25) is 4.57 Å². The van der Waals surface area contributed by atoms with Gasteiger partial charge in [0.2, 0.25) is 0 Å². The Labute approximate surface area is 89.7 Å². The van der Waals surface area contributed by atoms with Gasteiger partial charge < -0.3 is 5.73 Å². The van der Waals surface area contributed by atoms with Crippen LogP contribution in [0.15, 0.2) is 4.79 Å². The molecule has 1 rings (SSSR count). The Hall–Kier alpha value is -1.10. The summed E-state index contributed by atoms with van der Waals surface area (Å²) in [7, 11) is 0. The molecular weight excluding hydrogens is 192 g/mol. The van der Waals surface area contributed by atoms with Crippen molar-refractivity contribution in [1.82, 2.24) is 14.8 Å². The maximum atomic E-state index is 11.4. The Kier molecular flexibility index (Phi) is 4.08. The fourth-order valence-electron chi connectivity index (χ4n) is 1.67. The molecule has 0 bridgehead atoms. The molecular formula is C10H20N4O. The molecule has 3 N–H and O–H groups in total. The lowest BCUT2D eigenvalue weighted by Crippen LogP contribution is -2.24. The third kappa shape index (κ3) is 2.92. The number of aromatic amines is 1. The minimum atomic E-state index is -0.161. The van der Waals surface area contributed by atoms with E-state index in [0.29, 0.717) is 18.3 Å². The average molecular weight is 212 g/mol. The van der Waals surface area contributed by atoms with Crippen LogP contribution in [-0.4, -0.2) is 14.8 Å². The second-order valence-electron chi connectivity index (χ2n) is 4.27. The molecule has 5 heteroatoms. The molecule has 0 aliphatic heterocycles. The van der Waals surface area contributed by atoms with Crippen LogP contribution in [0.2, 0.25) is 0 Å². The molecule has 0 aliphatic carbocycles. The van der Waals surface area contributed by atoms with E-state index in [1.807, 2.05) is 6.92 Å². The summed E-state index contributed by atoms with van der Waals surface area (Å²) >= 11 is 0. The van der Waals surface area contributed by atoms with Gasteiger partial charge in [-0.1, -0.05) is 20.8 Å². The van der Waals surface area contributed by atoms with Crippen LogP contribution < -0.4 is 11.4 Å². The summed E-state index contributed by atoms with van der Waals surface area (Å²) in [4.78, 5) is 11.4. The first-order valence-electron chi connectivity index (χ1n) is 5.47. The highest BCUT2D eigenvalue weighted by Crippen LogP contribution is 2.15. The smallest absolute Gasteiger partial charge is 0.321 e. The van der Waals surface area contributed by atoms with Gasteiger partial charge in [-0.2, -0.15) is 5.10 Å². The molecule has 1 atom stereocenters. The highest BCUT2D eigenvalue weighted by Gasteiger charge is 2.16. The van der Waals surface area contributed by atoms with E-state index in [9.17, 15) is 4.79 Å². The predicted molar refractivity (Wildman–Crippen MR) is 59.5 cm³/mol. The molecule has 1 heterocycles. The zero-order valence-electron chi connectivity index (χ0n) is 9.66. The zero-order valence-corrected chi connectivity index (χ0v) is 9.66. The number of rotatable bonds is 5. The molecule has 0 unspecified atom stereocenters. The number of nitrogens with two attached hydrogens (primary N) is 1. The Balaban J connectivity index is 2.88. The van der Waals surface area contributed by atoms with Crippen LogP contribution in [0.5, 0.6) is 0 Å². The molecule has 0 amide bonds. The van der Waals surface area contributed by atoms with Crippen LogP contribution in [0.1, 0.15) is 45.5 Å². The van der Waals surface area contributed by atoms with Crippen molar-refractivity contribution >= 4 is 0 Å². The largest absolute Gasteiger partial charge is 0.343 e. The molecule has 0 aromatic carbocycles. The molecule has 0 saturated carbocycles. The number of hydrogen-bond donors (Lipinski definition) is 2. The minimum absolute atomic E-state index is 0.157. The molecule has 15 heavy (non-hydrogen) atoms. The van der Waals surface area contributed by atoms with Gasteiger partial charge in [0.05, 0.1) is 6.04 Å². The number of H-pyrrole nitrogens is 1. The van der Waals surface area contributed by atoms with Crippen LogP contribution >= 0.6 is 0 Å². The molecule has 0 saturated heterocycles. The van der Waals surface area contributed by atoms with E-state index >= 15 is 0 Å². The van der Waals surface area contributed by atoms with Crippen LogP contribution in [0.3, 0.4) is 0 Å². The number of hydrogen-bond acceptors (Lipinski definition) is 3. The van der Waals surface area contributed by atoms with E-state index in [2.05, 4.69) is 24.0 Å². The van der Waals surface area contributed by atoms with Crippen molar-refractivity contribution in [3.63, 3.8) is 0 Å². The van der Waals surface area contributed by atoms with Crippen LogP contribution in [-0.2, 0) is 6.54 Å². The third-order valence-corrected chi connectivity index (χ3v) is 2.29. The van der Waals surface area contributed by atoms with Crippen molar-refractivity contribution in [2.45, 2.75) is 46.2 Å². The first kappa shape index (κ1) is 12.0. The van der Waals surface area contributed by atoms with Gasteiger partial charge in [-0.05, 0) is 18.8 Å². The Bertz CT molecular complexity index is 353. The van der Waals surface area contributed by atoms with Gasteiger partial charge in [0.25, 0.3) is 0 Å². The lowest BCUT2D eigenvalue weighted by molar-refractivity contribution is 0.469. The number of nitrogens with one attached hydrogen (secondary N) is 1. The lowest BCUT2D eigenvalue weighted by Gasteiger charge is -2.13. The third-order valence-electron chi connectivity index (χ3n) is 2.29. The summed E-state index contributed by atoms with van der Waals surface area (Å²) in [5.74, 6) is 1.18. The molecule has 1 aromatic heterocycles. The topological polar surface area (TPSA) is 76.7 Å². The van der Waals surface area contributed by atoms with E-state index in [1.165, 1.54) is 0 Å². The molecule has 0 spiro atoms. The predicted octanol–water partition coefficient (Wildman–Crippen LogP) is 1.03. The minimum Gasteiger partial charge on any atom is -0.321 e. The molecule has 0 fully saturated rings. The summed E-state index contributed by atoms with van der Waals surface area (Å²) < 4.78 is 1.63. The summed E-state index contributed by atoms with van der Waals surface area (Å²) in [6, 6.07) is -0.157. The Morgan fingerprint density at radius 1 is 1.53 bits per heavy atom. The second kappa shape index (κ2) is 5.11. The van der Waals surface area contributed by atoms with E-state index in [4.69, 9.17) is 5.73 Å². The van der Waals surface area contributed by atoms with E-state index in [1.54, 1.807) is 4.57 Å². The van der Waals surface area contributed by atoms with Gasteiger partial charge in [0.1, 0.15) is 5.82 Å². The van der Waals surface area contributed by atoms with Gasteiger partial charge in [-0.25, -0.2) is 9.89 Å². The number of aromatic nitrogens is 3. The first-order valence-corrected chi connectivity index (χ1v) is 5.47. The summed E-state index contributed by atoms with van der Waals surface area (Å²) in [6.45, 7) is 6.91. The van der Waals surface area contributed by atoms with Crippen molar-refractivity contribution in [2.75, 3.05) is 0 Å².